The first-order valence-corrected chi connectivity index (χ1v) is 6.49. The number of Topliss-reactive ketones (excluding diaryl/α,β-unsaturated/α-hetero) is 1. The fourth-order valence-electron chi connectivity index (χ4n) is 2.38. The Labute approximate surface area is 113 Å². The second-order valence-electron chi connectivity index (χ2n) is 4.91. The lowest BCUT2D eigenvalue weighted by Crippen LogP contribution is -2.17. The average Bonchev–Trinajstić information content (AvgIpc) is 2.85. The highest BCUT2D eigenvalue weighted by atomic mass is 16.5. The van der Waals surface area contributed by atoms with Crippen molar-refractivity contribution in [1.29, 1.82) is 0 Å². The summed E-state index contributed by atoms with van der Waals surface area (Å²) in [5, 5.41) is 0. The lowest BCUT2D eigenvalue weighted by Gasteiger charge is -2.10. The molecular weight excluding hydrogens is 244 g/mol. The number of ether oxygens (including phenoxy) is 3. The molecule has 19 heavy (non-hydrogen) atoms. The van der Waals surface area contributed by atoms with Crippen LogP contribution in [0.2, 0.25) is 0 Å². The Balaban J connectivity index is 2.04. The SMILES string of the molecule is COc1ccc(CC(=O)C2COC(C)C2)cc1OC. The van der Waals surface area contributed by atoms with Gasteiger partial charge in [0.1, 0.15) is 5.78 Å². The smallest absolute Gasteiger partial charge is 0.161 e. The third kappa shape index (κ3) is 3.26. The van der Waals surface area contributed by atoms with Crippen LogP contribution in [0.5, 0.6) is 11.5 Å². The van der Waals surface area contributed by atoms with E-state index in [1.54, 1.807) is 14.2 Å². The summed E-state index contributed by atoms with van der Waals surface area (Å²) in [6, 6.07) is 5.59. The van der Waals surface area contributed by atoms with Gasteiger partial charge in [-0.05, 0) is 31.0 Å². The van der Waals surface area contributed by atoms with Gasteiger partial charge >= 0.3 is 0 Å². The number of carbonyl (C=O) groups is 1. The van der Waals surface area contributed by atoms with Crippen LogP contribution in [0.15, 0.2) is 18.2 Å². The Bertz CT molecular complexity index is 455. The molecule has 1 aliphatic heterocycles. The third-order valence-corrected chi connectivity index (χ3v) is 3.48. The molecule has 0 aromatic heterocycles. The van der Waals surface area contributed by atoms with Gasteiger partial charge in [-0.2, -0.15) is 0 Å². The maximum Gasteiger partial charge on any atom is 0.161 e. The molecule has 4 heteroatoms. The maximum absolute atomic E-state index is 12.2. The van der Waals surface area contributed by atoms with E-state index in [0.717, 1.165) is 12.0 Å². The first kappa shape index (κ1) is 13.9. The number of hydrogen-bond donors (Lipinski definition) is 0. The number of hydrogen-bond acceptors (Lipinski definition) is 4. The highest BCUT2D eigenvalue weighted by molar-refractivity contribution is 5.83. The summed E-state index contributed by atoms with van der Waals surface area (Å²) in [6.07, 6.45) is 1.44. The molecule has 0 spiro atoms. The second kappa shape index (κ2) is 6.06. The van der Waals surface area contributed by atoms with Gasteiger partial charge in [0.25, 0.3) is 0 Å². The molecule has 0 amide bonds. The molecule has 2 atom stereocenters. The molecule has 1 aromatic rings. The molecule has 0 N–H and O–H groups in total. The van der Waals surface area contributed by atoms with Crippen molar-refractivity contribution in [1.82, 2.24) is 0 Å². The molecule has 2 rings (SSSR count). The van der Waals surface area contributed by atoms with Crippen LogP contribution in [0.25, 0.3) is 0 Å². The molecule has 1 aromatic carbocycles. The minimum absolute atomic E-state index is 0.0306. The van der Waals surface area contributed by atoms with Crippen molar-refractivity contribution in [2.45, 2.75) is 25.9 Å². The zero-order valence-electron chi connectivity index (χ0n) is 11.6. The predicted octanol–water partition coefficient (Wildman–Crippen LogP) is 2.24. The van der Waals surface area contributed by atoms with Crippen molar-refractivity contribution in [3.8, 4) is 11.5 Å². The van der Waals surface area contributed by atoms with Crippen molar-refractivity contribution in [2.75, 3.05) is 20.8 Å². The van der Waals surface area contributed by atoms with Crippen LogP contribution in [0.4, 0.5) is 0 Å². The molecule has 0 radical (unpaired) electrons. The fraction of sp³-hybridized carbons (Fsp3) is 0.533. The fourth-order valence-corrected chi connectivity index (χ4v) is 2.38. The number of ketones is 1. The number of carbonyl (C=O) groups excluding carboxylic acids is 1. The first-order chi connectivity index (χ1) is 9.13. The lowest BCUT2D eigenvalue weighted by atomic mass is 9.95. The zero-order chi connectivity index (χ0) is 13.8. The van der Waals surface area contributed by atoms with E-state index in [0.29, 0.717) is 24.5 Å². The van der Waals surface area contributed by atoms with Gasteiger partial charge < -0.3 is 14.2 Å². The molecule has 1 fully saturated rings. The molecule has 1 saturated heterocycles. The van der Waals surface area contributed by atoms with Crippen LogP contribution in [-0.2, 0) is 16.0 Å². The monoisotopic (exact) mass is 264 g/mol. The molecular formula is C15H20O4. The van der Waals surface area contributed by atoms with Crippen LogP contribution in [-0.4, -0.2) is 32.7 Å². The molecule has 2 unspecified atom stereocenters. The molecule has 1 heterocycles. The summed E-state index contributed by atoms with van der Waals surface area (Å²) in [4.78, 5) is 12.2. The Morgan fingerprint density at radius 3 is 2.63 bits per heavy atom. The Morgan fingerprint density at radius 2 is 2.05 bits per heavy atom. The van der Waals surface area contributed by atoms with Gasteiger partial charge in [0.05, 0.1) is 26.9 Å². The maximum atomic E-state index is 12.2. The Kier molecular flexibility index (Phi) is 4.43. The second-order valence-corrected chi connectivity index (χ2v) is 4.91. The zero-order valence-corrected chi connectivity index (χ0v) is 11.6. The number of methoxy groups -OCH3 is 2. The summed E-state index contributed by atoms with van der Waals surface area (Å²) in [6.45, 7) is 2.55. The highest BCUT2D eigenvalue weighted by Gasteiger charge is 2.28. The van der Waals surface area contributed by atoms with Crippen LogP contribution in [0.3, 0.4) is 0 Å². The van der Waals surface area contributed by atoms with E-state index in [1.165, 1.54) is 0 Å². The largest absolute Gasteiger partial charge is 0.493 e. The van der Waals surface area contributed by atoms with E-state index in [1.807, 2.05) is 25.1 Å². The van der Waals surface area contributed by atoms with Gasteiger partial charge in [0, 0.05) is 12.3 Å². The molecule has 0 saturated carbocycles. The van der Waals surface area contributed by atoms with Gasteiger partial charge in [-0.1, -0.05) is 6.07 Å². The van der Waals surface area contributed by atoms with Crippen molar-refractivity contribution < 1.29 is 19.0 Å². The van der Waals surface area contributed by atoms with Crippen LogP contribution in [0, 0.1) is 5.92 Å². The van der Waals surface area contributed by atoms with Crippen molar-refractivity contribution in [2.24, 2.45) is 5.92 Å². The highest BCUT2D eigenvalue weighted by Crippen LogP contribution is 2.28. The van der Waals surface area contributed by atoms with Crippen molar-refractivity contribution in [3.05, 3.63) is 23.8 Å². The Morgan fingerprint density at radius 1 is 1.32 bits per heavy atom. The summed E-state index contributed by atoms with van der Waals surface area (Å²) in [5.41, 5.74) is 0.946. The van der Waals surface area contributed by atoms with Crippen LogP contribution < -0.4 is 9.47 Å². The predicted molar refractivity (Wildman–Crippen MR) is 71.8 cm³/mol. The molecule has 1 aliphatic rings. The van der Waals surface area contributed by atoms with E-state index in [2.05, 4.69) is 0 Å². The van der Waals surface area contributed by atoms with Crippen LogP contribution in [0.1, 0.15) is 18.9 Å². The minimum Gasteiger partial charge on any atom is -0.493 e. The number of benzene rings is 1. The minimum atomic E-state index is 0.0306. The summed E-state index contributed by atoms with van der Waals surface area (Å²) in [7, 11) is 3.19. The summed E-state index contributed by atoms with van der Waals surface area (Å²) >= 11 is 0. The first-order valence-electron chi connectivity index (χ1n) is 6.49. The standard InChI is InChI=1S/C15H20O4/c1-10-6-12(9-19-10)13(16)7-11-4-5-14(17-2)15(8-11)18-3/h4-5,8,10,12H,6-7,9H2,1-3H3. The topological polar surface area (TPSA) is 44.8 Å². The van der Waals surface area contributed by atoms with Gasteiger partial charge in [-0.15, -0.1) is 0 Å². The normalized spacial score (nSPS) is 22.3. The van der Waals surface area contributed by atoms with Crippen LogP contribution >= 0.6 is 0 Å². The van der Waals surface area contributed by atoms with E-state index in [-0.39, 0.29) is 17.8 Å². The Hall–Kier alpha value is -1.55. The molecule has 0 aliphatic carbocycles. The van der Waals surface area contributed by atoms with Gasteiger partial charge in [0.15, 0.2) is 11.5 Å². The van der Waals surface area contributed by atoms with E-state index in [9.17, 15) is 4.79 Å². The molecule has 4 nitrogen and oxygen atoms in total. The average molecular weight is 264 g/mol. The molecule has 104 valence electrons. The van der Waals surface area contributed by atoms with E-state index >= 15 is 0 Å². The quantitative estimate of drug-likeness (QED) is 0.818. The third-order valence-electron chi connectivity index (χ3n) is 3.48. The van der Waals surface area contributed by atoms with Crippen molar-refractivity contribution >= 4 is 5.78 Å². The van der Waals surface area contributed by atoms with Gasteiger partial charge in [-0.3, -0.25) is 4.79 Å². The van der Waals surface area contributed by atoms with Crippen molar-refractivity contribution in [3.63, 3.8) is 0 Å². The van der Waals surface area contributed by atoms with E-state index < -0.39 is 0 Å². The van der Waals surface area contributed by atoms with E-state index in [4.69, 9.17) is 14.2 Å². The number of rotatable bonds is 5. The van der Waals surface area contributed by atoms with Gasteiger partial charge in [-0.25, -0.2) is 0 Å². The molecule has 0 bridgehead atoms. The summed E-state index contributed by atoms with van der Waals surface area (Å²) < 4.78 is 15.9. The lowest BCUT2D eigenvalue weighted by molar-refractivity contribution is -0.122. The summed E-state index contributed by atoms with van der Waals surface area (Å²) in [5.74, 6) is 1.60. The van der Waals surface area contributed by atoms with Gasteiger partial charge in [0.2, 0.25) is 0 Å².